The van der Waals surface area contributed by atoms with Crippen molar-refractivity contribution in [1.82, 2.24) is 20.2 Å². The second-order valence-electron chi connectivity index (χ2n) is 10.6. The Balaban J connectivity index is 1.18. The van der Waals surface area contributed by atoms with E-state index in [1.807, 2.05) is 0 Å². The number of primary amides is 1. The molecule has 0 radical (unpaired) electrons. The van der Waals surface area contributed by atoms with Crippen LogP contribution in [0.15, 0.2) is 66.9 Å². The molecule has 4 aromatic rings. The van der Waals surface area contributed by atoms with Crippen molar-refractivity contribution in [1.29, 1.82) is 0 Å². The first-order valence-electron chi connectivity index (χ1n) is 14.1. The summed E-state index contributed by atoms with van der Waals surface area (Å²) in [6.07, 6.45) is 2.31. The molecule has 4 N–H and O–H groups in total. The van der Waals surface area contributed by atoms with Gasteiger partial charge in [-0.3, -0.25) is 24.2 Å². The lowest BCUT2D eigenvalue weighted by atomic mass is 10.0. The third-order valence-electron chi connectivity index (χ3n) is 7.80. The van der Waals surface area contributed by atoms with Crippen molar-refractivity contribution < 1.29 is 28.2 Å². The number of nitrogens with zero attached hydrogens (tertiary/aromatic N) is 3. The van der Waals surface area contributed by atoms with E-state index in [-0.39, 0.29) is 5.91 Å². The number of hydrogen-bond donors (Lipinski definition) is 3. The molecule has 1 saturated heterocycles. The minimum absolute atomic E-state index is 0.239. The van der Waals surface area contributed by atoms with Gasteiger partial charge in [-0.25, -0.2) is 9.37 Å². The Labute approximate surface area is 246 Å². The van der Waals surface area contributed by atoms with Crippen molar-refractivity contribution in [3.63, 3.8) is 0 Å². The van der Waals surface area contributed by atoms with Gasteiger partial charge in [0.05, 0.1) is 18.6 Å². The topological polar surface area (TPSA) is 143 Å². The van der Waals surface area contributed by atoms with E-state index in [0.717, 1.165) is 19.6 Å². The third-order valence-corrected chi connectivity index (χ3v) is 7.80. The first kappa shape index (κ1) is 28.3. The maximum Gasteiger partial charge on any atom is 0.267 e. The number of carbonyl (C=O) groups excluding carboxylic acids is 3. The van der Waals surface area contributed by atoms with E-state index in [1.54, 1.807) is 42.6 Å². The van der Waals surface area contributed by atoms with Crippen LogP contribution < -0.4 is 20.7 Å². The molecule has 2 aromatic carbocycles. The van der Waals surface area contributed by atoms with Gasteiger partial charge in [-0.15, -0.1) is 0 Å². The highest BCUT2D eigenvalue weighted by Crippen LogP contribution is 2.49. The SMILES string of the molecule is NC(=O)C1(C(=O)N(c2ccc(F)cc2)c2ccc(Oc3ccnc4[nH]c(C(=O)NCCN5CCOCC5)cc34)cc2)CC1. The molecule has 1 aliphatic heterocycles. The highest BCUT2D eigenvalue weighted by molar-refractivity contribution is 6.16. The highest BCUT2D eigenvalue weighted by atomic mass is 19.1. The quantitative estimate of drug-likeness (QED) is 0.242. The minimum Gasteiger partial charge on any atom is -0.457 e. The predicted molar refractivity (Wildman–Crippen MR) is 157 cm³/mol. The van der Waals surface area contributed by atoms with E-state index in [2.05, 4.69) is 20.2 Å². The van der Waals surface area contributed by atoms with Crippen molar-refractivity contribution in [2.24, 2.45) is 11.1 Å². The summed E-state index contributed by atoms with van der Waals surface area (Å²) in [4.78, 5) is 49.5. The predicted octanol–water partition coefficient (Wildman–Crippen LogP) is 3.49. The Morgan fingerprint density at radius 3 is 2.37 bits per heavy atom. The summed E-state index contributed by atoms with van der Waals surface area (Å²) < 4.78 is 25.1. The summed E-state index contributed by atoms with van der Waals surface area (Å²) in [5.41, 5.74) is 6.05. The molecule has 1 aliphatic carbocycles. The number of rotatable bonds is 10. The van der Waals surface area contributed by atoms with E-state index in [1.165, 1.54) is 29.2 Å². The molecule has 2 aliphatic rings. The standard InChI is InChI=1S/C31H31FN6O5/c32-20-1-3-21(4-2-20)38(30(41)31(10-11-31)29(33)40)22-5-7-23(8-6-22)43-26-9-12-34-27-24(26)19-25(36-27)28(39)35-13-14-37-15-17-42-18-16-37/h1-9,12,19H,10-11,13-18H2,(H2,33,40)(H,34,36)(H,35,39). The summed E-state index contributed by atoms with van der Waals surface area (Å²) in [7, 11) is 0. The molecule has 3 heterocycles. The van der Waals surface area contributed by atoms with Gasteiger partial charge in [0.1, 0.15) is 34.1 Å². The number of halogens is 1. The summed E-state index contributed by atoms with van der Waals surface area (Å²) in [6.45, 7) is 4.35. The first-order chi connectivity index (χ1) is 20.8. The molecule has 0 atom stereocenters. The Hall–Kier alpha value is -4.81. The van der Waals surface area contributed by atoms with Crippen LogP contribution in [0.1, 0.15) is 23.3 Å². The molecular weight excluding hydrogens is 555 g/mol. The number of H-pyrrole nitrogens is 1. The zero-order valence-corrected chi connectivity index (χ0v) is 23.3. The number of carbonyl (C=O) groups is 3. The van der Waals surface area contributed by atoms with Crippen LogP contribution in [0.2, 0.25) is 0 Å². The van der Waals surface area contributed by atoms with Crippen molar-refractivity contribution in [3.05, 3.63) is 78.4 Å². The molecule has 11 nitrogen and oxygen atoms in total. The smallest absolute Gasteiger partial charge is 0.267 e. The largest absolute Gasteiger partial charge is 0.457 e. The second kappa shape index (κ2) is 11.8. The van der Waals surface area contributed by atoms with E-state index >= 15 is 0 Å². The normalized spacial score (nSPS) is 16.0. The van der Waals surface area contributed by atoms with Crippen LogP contribution in [-0.2, 0) is 14.3 Å². The molecule has 2 aromatic heterocycles. The molecular formula is C31H31FN6O5. The number of hydrogen-bond acceptors (Lipinski definition) is 7. The van der Waals surface area contributed by atoms with E-state index in [0.29, 0.717) is 72.2 Å². The number of anilines is 2. The van der Waals surface area contributed by atoms with Crippen molar-refractivity contribution >= 4 is 40.1 Å². The Kier molecular flexibility index (Phi) is 7.78. The third kappa shape index (κ3) is 5.92. The lowest BCUT2D eigenvalue weighted by Crippen LogP contribution is -2.41. The molecule has 222 valence electrons. The lowest BCUT2D eigenvalue weighted by Gasteiger charge is -2.26. The van der Waals surface area contributed by atoms with Crippen molar-refractivity contribution in [2.45, 2.75) is 12.8 Å². The van der Waals surface area contributed by atoms with Crippen molar-refractivity contribution in [3.8, 4) is 11.5 Å². The summed E-state index contributed by atoms with van der Waals surface area (Å²) >= 11 is 0. The minimum atomic E-state index is -1.27. The Morgan fingerprint density at radius 1 is 1.05 bits per heavy atom. The van der Waals surface area contributed by atoms with Gasteiger partial charge in [-0.1, -0.05) is 0 Å². The van der Waals surface area contributed by atoms with Crippen LogP contribution in [0.5, 0.6) is 11.5 Å². The van der Waals surface area contributed by atoms with Gasteiger partial charge in [0.2, 0.25) is 11.8 Å². The fraction of sp³-hybridized carbons (Fsp3) is 0.290. The fourth-order valence-corrected chi connectivity index (χ4v) is 5.13. The molecule has 1 saturated carbocycles. The van der Waals surface area contributed by atoms with Gasteiger partial charge in [-0.05, 0) is 73.5 Å². The lowest BCUT2D eigenvalue weighted by molar-refractivity contribution is -0.133. The number of aromatic nitrogens is 2. The maximum absolute atomic E-state index is 13.6. The summed E-state index contributed by atoms with van der Waals surface area (Å²) in [5.74, 6) is -0.869. The number of nitrogens with one attached hydrogen (secondary N) is 2. The molecule has 6 rings (SSSR count). The average Bonchev–Trinajstić information content (AvgIpc) is 3.72. The van der Waals surface area contributed by atoms with Gasteiger partial charge in [0, 0.05) is 43.8 Å². The van der Waals surface area contributed by atoms with Crippen LogP contribution in [0.25, 0.3) is 11.0 Å². The summed E-state index contributed by atoms with van der Waals surface area (Å²) in [6, 6.07) is 15.6. The second-order valence-corrected chi connectivity index (χ2v) is 10.6. The van der Waals surface area contributed by atoms with Gasteiger partial charge in [0.25, 0.3) is 5.91 Å². The van der Waals surface area contributed by atoms with E-state index in [4.69, 9.17) is 15.2 Å². The molecule has 2 fully saturated rings. The molecule has 0 spiro atoms. The fourth-order valence-electron chi connectivity index (χ4n) is 5.13. The van der Waals surface area contributed by atoms with E-state index in [9.17, 15) is 18.8 Å². The van der Waals surface area contributed by atoms with Gasteiger partial charge >= 0.3 is 0 Å². The number of amides is 3. The Bertz CT molecular complexity index is 1650. The number of benzene rings is 2. The zero-order valence-electron chi connectivity index (χ0n) is 23.3. The number of morpholine rings is 1. The highest BCUT2D eigenvalue weighted by Gasteiger charge is 2.57. The number of ether oxygens (including phenoxy) is 2. The zero-order chi connectivity index (χ0) is 30.0. The van der Waals surface area contributed by atoms with E-state index < -0.39 is 23.0 Å². The number of nitrogens with two attached hydrogens (primary N) is 1. The molecule has 43 heavy (non-hydrogen) atoms. The number of fused-ring (bicyclic) bond motifs is 1. The van der Waals surface area contributed by atoms with Crippen LogP contribution in [-0.4, -0.2) is 72.0 Å². The number of aromatic amines is 1. The molecule has 3 amide bonds. The Morgan fingerprint density at radius 2 is 1.72 bits per heavy atom. The van der Waals surface area contributed by atoms with Crippen LogP contribution in [0.4, 0.5) is 15.8 Å². The van der Waals surface area contributed by atoms with Gasteiger partial charge in [-0.2, -0.15) is 0 Å². The molecule has 0 bridgehead atoms. The molecule has 0 unspecified atom stereocenters. The van der Waals surface area contributed by atoms with Gasteiger partial charge < -0.3 is 25.5 Å². The monoisotopic (exact) mass is 586 g/mol. The average molecular weight is 587 g/mol. The number of pyridine rings is 1. The first-order valence-corrected chi connectivity index (χ1v) is 14.1. The van der Waals surface area contributed by atoms with Crippen LogP contribution in [0, 0.1) is 11.2 Å². The summed E-state index contributed by atoms with van der Waals surface area (Å²) in [5, 5.41) is 3.57. The van der Waals surface area contributed by atoms with Crippen molar-refractivity contribution in [2.75, 3.05) is 44.3 Å². The molecule has 12 heteroatoms. The van der Waals surface area contributed by atoms with Crippen LogP contribution >= 0.6 is 0 Å². The van der Waals surface area contributed by atoms with Gasteiger partial charge in [0.15, 0.2) is 0 Å². The van der Waals surface area contributed by atoms with Crippen LogP contribution in [0.3, 0.4) is 0 Å². The maximum atomic E-state index is 13.6.